The third-order valence-corrected chi connectivity index (χ3v) is 11.6. The number of amides is 2. The van der Waals surface area contributed by atoms with Gasteiger partial charge in [-0.3, -0.25) is 14.6 Å². The fraction of sp³-hybridized carbons (Fsp3) is 0.710. The van der Waals surface area contributed by atoms with Gasteiger partial charge in [0.05, 0.1) is 24.6 Å². The first-order valence-corrected chi connectivity index (χ1v) is 17.7. The Bertz CT molecular complexity index is 1140. The van der Waals surface area contributed by atoms with E-state index in [9.17, 15) is 19.2 Å². The van der Waals surface area contributed by atoms with Crippen LogP contribution in [0.25, 0.3) is 0 Å². The fourth-order valence-corrected chi connectivity index (χ4v) is 5.39. The molecule has 1 aromatic heterocycles. The number of nitrogens with zero attached hydrogens (tertiary/aromatic N) is 2. The molecule has 12 heteroatoms. The highest BCUT2D eigenvalue weighted by Crippen LogP contribution is 2.42. The van der Waals surface area contributed by atoms with Gasteiger partial charge in [0.2, 0.25) is 0 Å². The molecule has 242 valence electrons. The monoisotopic (exact) mass is 622 g/mol. The van der Waals surface area contributed by atoms with Gasteiger partial charge < -0.3 is 23.4 Å². The number of imide groups is 1. The summed E-state index contributed by atoms with van der Waals surface area (Å²) >= 11 is 0. The third kappa shape index (κ3) is 10.4. The van der Waals surface area contributed by atoms with Gasteiger partial charge in [0.15, 0.2) is 14.1 Å². The molecule has 0 aliphatic carbocycles. The Balaban J connectivity index is 2.60. The highest BCUT2D eigenvalue weighted by Gasteiger charge is 2.46. The number of Topliss-reactive ketones (excluding diaryl/α,β-unsaturated/α-hetero) is 1. The van der Waals surface area contributed by atoms with Crippen LogP contribution in [0.4, 0.5) is 15.3 Å². The first-order chi connectivity index (χ1) is 19.6. The molecule has 0 radical (unpaired) electrons. The zero-order valence-electron chi connectivity index (χ0n) is 27.9. The standard InChI is InChI=1S/C31H50N2O9Si/c1-13-38-25(34)15-14-22-26(35)24(42-43(11,12)31(8,9)10)18-23(39-22)20-16-17-32-19-21(20)33(27(36)40-29(2,3)4)28(37)41-30(5,6)7/h16-17,19,22-24H,13-15,18H2,1-12H3. The molecule has 1 fully saturated rings. The van der Waals surface area contributed by atoms with E-state index in [1.54, 1.807) is 54.5 Å². The number of pyridine rings is 1. The molecule has 11 nitrogen and oxygen atoms in total. The lowest BCUT2D eigenvalue weighted by Crippen LogP contribution is -2.51. The van der Waals surface area contributed by atoms with Crippen molar-refractivity contribution in [3.05, 3.63) is 24.0 Å². The van der Waals surface area contributed by atoms with Gasteiger partial charge in [-0.25, -0.2) is 9.59 Å². The van der Waals surface area contributed by atoms with E-state index < -0.39 is 56.0 Å². The van der Waals surface area contributed by atoms with Gasteiger partial charge in [0.25, 0.3) is 0 Å². The number of esters is 1. The second-order valence-corrected chi connectivity index (χ2v) is 18.9. The number of anilines is 1. The second-order valence-electron chi connectivity index (χ2n) is 14.2. The summed E-state index contributed by atoms with van der Waals surface area (Å²) < 4.78 is 29.1. The Kier molecular flexibility index (Phi) is 11.7. The molecule has 2 amide bonds. The number of hydrogen-bond acceptors (Lipinski definition) is 10. The smallest absolute Gasteiger partial charge is 0.424 e. The Morgan fingerprint density at radius 1 is 1.00 bits per heavy atom. The Hall–Kier alpha value is -2.83. The van der Waals surface area contributed by atoms with Crippen LogP contribution in [0.3, 0.4) is 0 Å². The van der Waals surface area contributed by atoms with Crippen molar-refractivity contribution >= 4 is 37.9 Å². The number of rotatable bonds is 8. The summed E-state index contributed by atoms with van der Waals surface area (Å²) in [7, 11) is -2.42. The fourth-order valence-electron chi connectivity index (χ4n) is 4.11. The largest absolute Gasteiger partial charge is 0.466 e. The third-order valence-electron chi connectivity index (χ3n) is 7.12. The summed E-state index contributed by atoms with van der Waals surface area (Å²) in [6.45, 7) is 22.4. The minimum atomic E-state index is -2.42. The molecule has 0 saturated carbocycles. The lowest BCUT2D eigenvalue weighted by atomic mass is 9.92. The first kappa shape index (κ1) is 36.4. The minimum Gasteiger partial charge on any atom is -0.466 e. The number of aromatic nitrogens is 1. The molecule has 3 atom stereocenters. The van der Waals surface area contributed by atoms with Crippen LogP contribution in [-0.4, -0.2) is 67.3 Å². The number of carbonyl (C=O) groups excluding carboxylic acids is 4. The lowest BCUT2D eigenvalue weighted by molar-refractivity contribution is -0.159. The molecule has 2 heterocycles. The van der Waals surface area contributed by atoms with Crippen molar-refractivity contribution in [1.29, 1.82) is 0 Å². The Morgan fingerprint density at radius 3 is 2.05 bits per heavy atom. The summed E-state index contributed by atoms with van der Waals surface area (Å²) in [6, 6.07) is 1.63. The van der Waals surface area contributed by atoms with E-state index in [1.807, 2.05) is 0 Å². The molecule has 1 saturated heterocycles. The Morgan fingerprint density at radius 2 is 1.56 bits per heavy atom. The van der Waals surface area contributed by atoms with Gasteiger partial charge in [-0.15, -0.1) is 0 Å². The molecule has 1 aliphatic heterocycles. The molecule has 0 N–H and O–H groups in total. The quantitative estimate of drug-likeness (QED) is 0.172. The molecule has 0 aromatic carbocycles. The van der Waals surface area contributed by atoms with Crippen molar-refractivity contribution in [2.45, 2.75) is 136 Å². The number of carbonyl (C=O) groups is 4. The summed E-state index contributed by atoms with van der Waals surface area (Å²) in [5.41, 5.74) is -1.30. The van der Waals surface area contributed by atoms with Crippen molar-refractivity contribution in [1.82, 2.24) is 4.98 Å². The lowest BCUT2D eigenvalue weighted by Gasteiger charge is -2.43. The molecule has 1 aromatic rings. The molecule has 0 bridgehead atoms. The van der Waals surface area contributed by atoms with E-state index in [0.717, 1.165) is 4.90 Å². The molecular formula is C31H50N2O9Si. The van der Waals surface area contributed by atoms with Crippen molar-refractivity contribution in [2.75, 3.05) is 11.5 Å². The van der Waals surface area contributed by atoms with E-state index in [2.05, 4.69) is 38.8 Å². The van der Waals surface area contributed by atoms with Gasteiger partial charge >= 0.3 is 18.2 Å². The summed E-state index contributed by atoms with van der Waals surface area (Å²) in [6.07, 6.45) is -1.41. The average molecular weight is 623 g/mol. The van der Waals surface area contributed by atoms with Crippen LogP contribution in [0.2, 0.25) is 18.1 Å². The van der Waals surface area contributed by atoms with Crippen LogP contribution < -0.4 is 4.90 Å². The van der Waals surface area contributed by atoms with Gasteiger partial charge in [-0.05, 0) is 79.1 Å². The molecule has 43 heavy (non-hydrogen) atoms. The molecule has 0 spiro atoms. The average Bonchev–Trinajstić information content (AvgIpc) is 2.82. The predicted octanol–water partition coefficient (Wildman–Crippen LogP) is 6.89. The topological polar surface area (TPSA) is 131 Å². The second kappa shape index (κ2) is 13.9. The SMILES string of the molecule is CCOC(=O)CCC1OC(c2ccncc2N(C(=O)OC(C)(C)C)C(=O)OC(C)(C)C)CC(O[Si](C)(C)C(C)(C)C)C1=O. The van der Waals surface area contributed by atoms with Crippen molar-refractivity contribution < 1.29 is 42.6 Å². The number of ether oxygens (including phenoxy) is 4. The maximum atomic E-state index is 13.7. The Labute approximate surface area is 257 Å². The zero-order valence-corrected chi connectivity index (χ0v) is 28.9. The van der Waals surface area contributed by atoms with E-state index in [4.69, 9.17) is 23.4 Å². The number of ketones is 1. The zero-order chi connectivity index (χ0) is 33.0. The molecule has 1 aliphatic rings. The van der Waals surface area contributed by atoms with Gasteiger partial charge in [-0.2, -0.15) is 4.90 Å². The highest BCUT2D eigenvalue weighted by molar-refractivity contribution is 6.74. The van der Waals surface area contributed by atoms with Crippen LogP contribution in [0.15, 0.2) is 18.5 Å². The summed E-state index contributed by atoms with van der Waals surface area (Å²) in [5.74, 6) is -0.689. The number of hydrogen-bond donors (Lipinski definition) is 0. The summed E-state index contributed by atoms with van der Waals surface area (Å²) in [5, 5.41) is -0.173. The van der Waals surface area contributed by atoms with Crippen LogP contribution >= 0.6 is 0 Å². The van der Waals surface area contributed by atoms with Crippen molar-refractivity contribution in [3.8, 4) is 0 Å². The van der Waals surface area contributed by atoms with Crippen LogP contribution in [0, 0.1) is 0 Å². The summed E-state index contributed by atoms with van der Waals surface area (Å²) in [4.78, 5) is 57.7. The predicted molar refractivity (Wildman–Crippen MR) is 164 cm³/mol. The van der Waals surface area contributed by atoms with E-state index in [-0.39, 0.29) is 42.4 Å². The van der Waals surface area contributed by atoms with Gasteiger partial charge in [0, 0.05) is 24.6 Å². The first-order valence-electron chi connectivity index (χ1n) is 14.8. The van der Waals surface area contributed by atoms with Gasteiger partial charge in [-0.1, -0.05) is 20.8 Å². The highest BCUT2D eigenvalue weighted by atomic mass is 28.4. The maximum absolute atomic E-state index is 13.7. The van der Waals surface area contributed by atoms with E-state index in [0.29, 0.717) is 5.56 Å². The maximum Gasteiger partial charge on any atom is 0.424 e. The molecule has 3 unspecified atom stereocenters. The van der Waals surface area contributed by atoms with Crippen LogP contribution in [0.1, 0.15) is 100 Å². The molecular weight excluding hydrogens is 572 g/mol. The van der Waals surface area contributed by atoms with E-state index in [1.165, 1.54) is 12.4 Å². The van der Waals surface area contributed by atoms with Gasteiger partial charge in [0.1, 0.15) is 23.4 Å². The van der Waals surface area contributed by atoms with E-state index >= 15 is 0 Å². The van der Waals surface area contributed by atoms with Crippen molar-refractivity contribution in [3.63, 3.8) is 0 Å². The van der Waals surface area contributed by atoms with Crippen LogP contribution in [0.5, 0.6) is 0 Å². The molecule has 2 rings (SSSR count). The normalized spacial score (nSPS) is 19.9. The van der Waals surface area contributed by atoms with Crippen molar-refractivity contribution in [2.24, 2.45) is 0 Å². The minimum absolute atomic E-state index is 0.0189. The van der Waals surface area contributed by atoms with Crippen LogP contribution in [-0.2, 0) is 33.0 Å².